The van der Waals surface area contributed by atoms with Gasteiger partial charge >= 0.3 is 11.9 Å². The molecule has 332 valence electrons. The summed E-state index contributed by atoms with van der Waals surface area (Å²) in [5.74, 6) is -0.543. The first-order valence-corrected chi connectivity index (χ1v) is 24.7. The molecule has 0 aliphatic carbocycles. The van der Waals surface area contributed by atoms with E-state index < -0.39 is 5.79 Å². The van der Waals surface area contributed by atoms with Gasteiger partial charge in [-0.2, -0.15) is 0 Å². The van der Waals surface area contributed by atoms with Gasteiger partial charge in [-0.15, -0.1) is 0 Å². The molecule has 0 bridgehead atoms. The lowest BCUT2D eigenvalue weighted by Gasteiger charge is -2.28. The Hall–Kier alpha value is -1.18. The molecule has 1 saturated heterocycles. The Kier molecular flexibility index (Phi) is 35.9. The highest BCUT2D eigenvalue weighted by Gasteiger charge is 2.40. The molecule has 0 N–H and O–H groups in total. The van der Waals surface area contributed by atoms with Crippen LogP contribution in [0.1, 0.15) is 252 Å². The van der Waals surface area contributed by atoms with E-state index in [1.165, 1.54) is 122 Å². The van der Waals surface area contributed by atoms with Crippen molar-refractivity contribution < 1.29 is 28.5 Å². The maximum absolute atomic E-state index is 12.9. The summed E-state index contributed by atoms with van der Waals surface area (Å²) in [5, 5.41) is 0. The molecule has 0 aromatic rings. The average molecular weight is 794 g/mol. The van der Waals surface area contributed by atoms with Crippen LogP contribution in [0.4, 0.5) is 0 Å². The molecule has 0 spiro atoms. The Balaban J connectivity index is 2.33. The van der Waals surface area contributed by atoms with Crippen LogP contribution in [0.2, 0.25) is 0 Å². The van der Waals surface area contributed by atoms with E-state index in [0.29, 0.717) is 26.1 Å². The first-order valence-electron chi connectivity index (χ1n) is 24.7. The molecule has 7 heteroatoms. The van der Waals surface area contributed by atoms with E-state index in [1.807, 2.05) is 0 Å². The number of carbonyl (C=O) groups excluding carboxylic acids is 2. The van der Waals surface area contributed by atoms with Crippen molar-refractivity contribution in [3.05, 3.63) is 0 Å². The molecule has 0 aromatic heterocycles. The molecule has 0 unspecified atom stereocenters. The predicted octanol–water partition coefficient (Wildman–Crippen LogP) is 14.2. The minimum absolute atomic E-state index is 0.00880. The summed E-state index contributed by atoms with van der Waals surface area (Å²) in [6.07, 6.45) is 41.0. The zero-order valence-corrected chi connectivity index (χ0v) is 38.1. The number of hydrogen-bond donors (Lipinski definition) is 0. The molecule has 1 aliphatic rings. The van der Waals surface area contributed by atoms with Crippen molar-refractivity contribution in [2.45, 2.75) is 270 Å². The molecule has 0 aromatic carbocycles. The molecule has 0 amide bonds. The summed E-state index contributed by atoms with van der Waals surface area (Å²) in [5.41, 5.74) is 0. The largest absolute Gasteiger partial charge is 0.466 e. The van der Waals surface area contributed by atoms with Crippen molar-refractivity contribution in [2.75, 3.05) is 33.9 Å². The highest BCUT2D eigenvalue weighted by Crippen LogP contribution is 2.35. The molecule has 0 saturated carbocycles. The topological polar surface area (TPSA) is 74.3 Å². The van der Waals surface area contributed by atoms with Crippen LogP contribution in [0.5, 0.6) is 0 Å². The number of esters is 2. The number of carbonyl (C=O) groups is 2. The maximum Gasteiger partial charge on any atom is 0.306 e. The number of nitrogens with zero attached hydrogens (tertiary/aromatic N) is 1. The Morgan fingerprint density at radius 3 is 1.52 bits per heavy atom. The summed E-state index contributed by atoms with van der Waals surface area (Å²) in [4.78, 5) is 27.4. The van der Waals surface area contributed by atoms with Crippen molar-refractivity contribution in [1.29, 1.82) is 0 Å². The molecular weight excluding hydrogens is 699 g/mol. The second-order valence-corrected chi connectivity index (χ2v) is 17.7. The third-order valence-corrected chi connectivity index (χ3v) is 11.8. The summed E-state index contributed by atoms with van der Waals surface area (Å²) in [6, 6.07) is 0. The van der Waals surface area contributed by atoms with Crippen molar-refractivity contribution in [3.8, 4) is 0 Å². The molecule has 1 rings (SSSR count). The lowest BCUT2D eigenvalue weighted by atomic mass is 9.99. The highest BCUT2D eigenvalue weighted by molar-refractivity contribution is 5.69. The van der Waals surface area contributed by atoms with Crippen molar-refractivity contribution in [2.24, 2.45) is 0 Å². The fourth-order valence-corrected chi connectivity index (χ4v) is 8.07. The van der Waals surface area contributed by atoms with Gasteiger partial charge in [0.2, 0.25) is 0 Å². The third kappa shape index (κ3) is 31.8. The zero-order chi connectivity index (χ0) is 40.8. The number of unbranched alkanes of at least 4 members (excludes halogenated alkanes) is 24. The van der Waals surface area contributed by atoms with Gasteiger partial charge < -0.3 is 23.8 Å². The summed E-state index contributed by atoms with van der Waals surface area (Å²) >= 11 is 0. The molecular formula is C49H95NO6. The van der Waals surface area contributed by atoms with Crippen LogP contribution >= 0.6 is 0 Å². The summed E-state index contributed by atoms with van der Waals surface area (Å²) < 4.78 is 24.7. The van der Waals surface area contributed by atoms with Gasteiger partial charge in [0.15, 0.2) is 5.79 Å². The van der Waals surface area contributed by atoms with Gasteiger partial charge in [-0.3, -0.25) is 9.59 Å². The molecule has 1 aliphatic heterocycles. The molecule has 2 atom stereocenters. The summed E-state index contributed by atoms with van der Waals surface area (Å²) in [7, 11) is 4.21. The fraction of sp³-hybridized carbons (Fsp3) is 0.959. The fourth-order valence-electron chi connectivity index (χ4n) is 8.07. The minimum Gasteiger partial charge on any atom is -0.466 e. The quantitative estimate of drug-likeness (QED) is 0.0450. The van der Waals surface area contributed by atoms with Gasteiger partial charge in [-0.1, -0.05) is 162 Å². The molecule has 7 nitrogen and oxygen atoms in total. The lowest BCUT2D eigenvalue weighted by Crippen LogP contribution is -2.31. The third-order valence-electron chi connectivity index (χ3n) is 11.8. The van der Waals surface area contributed by atoms with Crippen molar-refractivity contribution in [1.82, 2.24) is 4.90 Å². The average Bonchev–Trinajstić information content (AvgIpc) is 3.59. The van der Waals surface area contributed by atoms with Crippen LogP contribution in [0.25, 0.3) is 0 Å². The van der Waals surface area contributed by atoms with E-state index in [1.54, 1.807) is 0 Å². The Bertz CT molecular complexity index is 867. The van der Waals surface area contributed by atoms with Gasteiger partial charge in [0.25, 0.3) is 0 Å². The Morgan fingerprint density at radius 1 is 0.571 bits per heavy atom. The SMILES string of the molecule is CCCCCCCCCCCOC(=O)CCCCC[C@]1(CCCCCCCC(=O)OC(CCCCCCCC)CCCCCCCC)OC[C@@H](CCN(C)C)O1. The van der Waals surface area contributed by atoms with E-state index in [2.05, 4.69) is 39.8 Å². The molecule has 0 radical (unpaired) electrons. The second kappa shape index (κ2) is 38.0. The molecule has 1 fully saturated rings. The van der Waals surface area contributed by atoms with Crippen LogP contribution < -0.4 is 0 Å². The highest BCUT2D eigenvalue weighted by atomic mass is 16.7. The van der Waals surface area contributed by atoms with Gasteiger partial charge in [0, 0.05) is 32.2 Å². The van der Waals surface area contributed by atoms with Crippen molar-refractivity contribution >= 4 is 11.9 Å². The first kappa shape index (κ1) is 52.8. The van der Waals surface area contributed by atoms with Crippen LogP contribution in [-0.4, -0.2) is 68.7 Å². The predicted molar refractivity (Wildman–Crippen MR) is 236 cm³/mol. The summed E-state index contributed by atoms with van der Waals surface area (Å²) in [6.45, 7) is 9.01. The van der Waals surface area contributed by atoms with Crippen LogP contribution in [0.3, 0.4) is 0 Å². The van der Waals surface area contributed by atoms with E-state index in [0.717, 1.165) is 103 Å². The molecule has 1 heterocycles. The van der Waals surface area contributed by atoms with Gasteiger partial charge in [-0.25, -0.2) is 0 Å². The van der Waals surface area contributed by atoms with Gasteiger partial charge in [0.05, 0.1) is 19.3 Å². The van der Waals surface area contributed by atoms with Crippen molar-refractivity contribution in [3.63, 3.8) is 0 Å². The van der Waals surface area contributed by atoms with E-state index in [-0.39, 0.29) is 24.1 Å². The number of ether oxygens (including phenoxy) is 4. The first-order chi connectivity index (χ1) is 27.3. The number of hydrogen-bond acceptors (Lipinski definition) is 7. The molecule has 56 heavy (non-hydrogen) atoms. The van der Waals surface area contributed by atoms with Crippen LogP contribution in [0.15, 0.2) is 0 Å². The second-order valence-electron chi connectivity index (χ2n) is 17.7. The van der Waals surface area contributed by atoms with E-state index >= 15 is 0 Å². The minimum atomic E-state index is -0.502. The van der Waals surface area contributed by atoms with E-state index in [9.17, 15) is 9.59 Å². The lowest BCUT2D eigenvalue weighted by molar-refractivity contribution is -0.180. The maximum atomic E-state index is 12.9. The monoisotopic (exact) mass is 794 g/mol. The zero-order valence-electron chi connectivity index (χ0n) is 38.1. The van der Waals surface area contributed by atoms with Crippen LogP contribution in [0, 0.1) is 0 Å². The standard InChI is InChI=1S/C49H95NO6/c1-6-9-12-15-18-19-20-26-34-43-53-47(51)37-31-27-33-41-49(54-44-46(56-49)39-42-50(4)5)40-32-25-21-24-30-38-48(52)55-45(35-28-22-16-13-10-7-2)36-29-23-17-14-11-8-3/h45-46H,6-44H2,1-5H3/t46-,49-/m1/s1. The normalized spacial score (nSPS) is 17.0. The smallest absolute Gasteiger partial charge is 0.306 e. The van der Waals surface area contributed by atoms with Gasteiger partial charge in [0.1, 0.15) is 6.10 Å². The van der Waals surface area contributed by atoms with Crippen LogP contribution in [-0.2, 0) is 28.5 Å². The number of rotatable bonds is 42. The van der Waals surface area contributed by atoms with E-state index in [4.69, 9.17) is 18.9 Å². The Morgan fingerprint density at radius 2 is 1.00 bits per heavy atom. The Labute approximate surface area is 348 Å². The van der Waals surface area contributed by atoms with Gasteiger partial charge in [-0.05, 0) is 78.3 Å².